The van der Waals surface area contributed by atoms with Gasteiger partial charge in [0.1, 0.15) is 5.78 Å². The van der Waals surface area contributed by atoms with Gasteiger partial charge in [-0.3, -0.25) is 4.79 Å². The van der Waals surface area contributed by atoms with Gasteiger partial charge in [-0.05, 0) is 70.7 Å². The molecule has 0 N–H and O–H groups in total. The van der Waals surface area contributed by atoms with E-state index in [9.17, 15) is 4.79 Å². The molecule has 0 heterocycles. The molecular weight excluding hydrogens is 376 g/mol. The summed E-state index contributed by atoms with van der Waals surface area (Å²) in [5.74, 6) is 0.0431. The molecule has 0 spiro atoms. The van der Waals surface area contributed by atoms with Crippen LogP contribution in [-0.2, 0) is 17.6 Å². The van der Waals surface area contributed by atoms with E-state index < -0.39 is 0 Å². The molecule has 2 aromatic carbocycles. The molecule has 2 aromatic rings. The zero-order valence-corrected chi connectivity index (χ0v) is 19.4. The Morgan fingerprint density at radius 1 is 0.966 bits per heavy atom. The first-order chi connectivity index (χ1) is 13.5. The normalized spacial score (nSPS) is 20.7. The van der Waals surface area contributed by atoms with Crippen molar-refractivity contribution in [3.8, 4) is 11.1 Å². The minimum Gasteiger partial charge on any atom is -0.298 e. The highest BCUT2D eigenvalue weighted by molar-refractivity contribution is 6.30. The van der Waals surface area contributed by atoms with Crippen molar-refractivity contribution < 1.29 is 4.79 Å². The van der Waals surface area contributed by atoms with E-state index in [1.54, 1.807) is 0 Å². The lowest BCUT2D eigenvalue weighted by atomic mass is 9.56. The van der Waals surface area contributed by atoms with Crippen LogP contribution in [0, 0.1) is 10.8 Å². The third kappa shape index (κ3) is 3.94. The topological polar surface area (TPSA) is 17.1 Å². The van der Waals surface area contributed by atoms with Crippen LogP contribution in [0.5, 0.6) is 0 Å². The summed E-state index contributed by atoms with van der Waals surface area (Å²) in [6, 6.07) is 12.7. The number of allylic oxidation sites excluding steroid dienone is 1. The molecular formula is C27H33ClO. The van der Waals surface area contributed by atoms with Crippen molar-refractivity contribution in [2.24, 2.45) is 10.8 Å². The van der Waals surface area contributed by atoms with Crippen molar-refractivity contribution in [2.75, 3.05) is 0 Å². The highest BCUT2D eigenvalue weighted by atomic mass is 35.5. The number of carbonyl (C=O) groups is 1. The first kappa shape index (κ1) is 21.8. The molecule has 0 amide bonds. The predicted octanol–water partition coefficient (Wildman–Crippen LogP) is 7.80. The summed E-state index contributed by atoms with van der Waals surface area (Å²) < 4.78 is 0. The van der Waals surface area contributed by atoms with Crippen molar-refractivity contribution in [3.63, 3.8) is 0 Å². The fourth-order valence-electron chi connectivity index (χ4n) is 5.06. The van der Waals surface area contributed by atoms with Gasteiger partial charge in [-0.2, -0.15) is 0 Å². The van der Waals surface area contributed by atoms with Crippen LogP contribution in [0.4, 0.5) is 0 Å². The summed E-state index contributed by atoms with van der Waals surface area (Å²) in [5, 5.41) is 0.760. The number of carbonyl (C=O) groups excluding carboxylic acids is 1. The van der Waals surface area contributed by atoms with Crippen LogP contribution in [0.1, 0.15) is 70.6 Å². The Kier molecular flexibility index (Phi) is 5.84. The summed E-state index contributed by atoms with van der Waals surface area (Å²) in [4.78, 5) is 13.6. The Labute approximate surface area is 181 Å². The highest BCUT2D eigenvalue weighted by Crippen LogP contribution is 2.53. The zero-order valence-electron chi connectivity index (χ0n) is 18.7. The molecule has 154 valence electrons. The second-order valence-electron chi connectivity index (χ2n) is 9.69. The maximum atomic E-state index is 13.6. The van der Waals surface area contributed by atoms with Crippen molar-refractivity contribution in [1.29, 1.82) is 0 Å². The van der Waals surface area contributed by atoms with Gasteiger partial charge in [0, 0.05) is 10.4 Å². The summed E-state index contributed by atoms with van der Waals surface area (Å²) in [6.45, 7) is 17.3. The van der Waals surface area contributed by atoms with Crippen LogP contribution in [-0.4, -0.2) is 5.78 Å². The molecule has 0 radical (unpaired) electrons. The van der Waals surface area contributed by atoms with Gasteiger partial charge in [0.15, 0.2) is 0 Å². The van der Waals surface area contributed by atoms with Crippen LogP contribution in [0.3, 0.4) is 0 Å². The average molecular weight is 409 g/mol. The molecule has 1 unspecified atom stereocenters. The molecule has 29 heavy (non-hydrogen) atoms. The molecule has 2 heteroatoms. The summed E-state index contributed by atoms with van der Waals surface area (Å²) in [5.41, 5.74) is 6.53. The molecule has 0 bridgehead atoms. The molecule has 0 saturated heterocycles. The van der Waals surface area contributed by atoms with Gasteiger partial charge in [-0.1, -0.05) is 83.5 Å². The molecule has 1 saturated carbocycles. The number of Topliss-reactive ketones (excluding diaryl/α,β-unsaturated/α-hetero) is 1. The third-order valence-corrected chi connectivity index (χ3v) is 6.86. The van der Waals surface area contributed by atoms with E-state index in [1.807, 2.05) is 12.1 Å². The Balaban J connectivity index is 2.20. The number of hydrogen-bond donors (Lipinski definition) is 0. The van der Waals surface area contributed by atoms with Gasteiger partial charge in [0.05, 0.1) is 5.92 Å². The third-order valence-electron chi connectivity index (χ3n) is 6.63. The summed E-state index contributed by atoms with van der Waals surface area (Å²) in [7, 11) is 0. The molecule has 1 fully saturated rings. The number of benzene rings is 2. The van der Waals surface area contributed by atoms with E-state index in [-0.39, 0.29) is 16.7 Å². The minimum absolute atomic E-state index is 0.0715. The first-order valence-corrected chi connectivity index (χ1v) is 11.0. The standard InChI is InChI=1S/C27H33ClO/c1-8-18-10-11-20(22-13-12-21(28)14-19(22)9-2)15-23(18)24-17(3)26(4,5)16-27(6,7)25(24)29/h10-15,24H,3,8-9,16H2,1-2,4-7H3. The smallest absolute Gasteiger partial charge is 0.150 e. The predicted molar refractivity (Wildman–Crippen MR) is 125 cm³/mol. The SMILES string of the molecule is C=C1C(c2cc(-c3ccc(Cl)cc3CC)ccc2CC)C(=O)C(C)(C)CC1(C)C. The zero-order chi connectivity index (χ0) is 21.6. The van der Waals surface area contributed by atoms with E-state index in [0.29, 0.717) is 5.78 Å². The molecule has 1 aliphatic rings. The first-order valence-electron chi connectivity index (χ1n) is 10.7. The Hall–Kier alpha value is -1.86. The lowest BCUT2D eigenvalue weighted by molar-refractivity contribution is -0.131. The van der Waals surface area contributed by atoms with Gasteiger partial charge in [-0.25, -0.2) is 0 Å². The van der Waals surface area contributed by atoms with Crippen molar-refractivity contribution in [3.05, 3.63) is 70.3 Å². The molecule has 0 aromatic heterocycles. The van der Waals surface area contributed by atoms with Crippen LogP contribution < -0.4 is 0 Å². The average Bonchev–Trinajstić information content (AvgIpc) is 2.66. The minimum atomic E-state index is -0.356. The maximum absolute atomic E-state index is 13.6. The number of aryl methyl sites for hydroxylation is 2. The molecule has 0 aliphatic heterocycles. The number of halogens is 1. The van der Waals surface area contributed by atoms with Crippen molar-refractivity contribution >= 4 is 17.4 Å². The maximum Gasteiger partial charge on any atom is 0.150 e. The summed E-state index contributed by atoms with van der Waals surface area (Å²) in [6.07, 6.45) is 2.65. The molecule has 1 aliphatic carbocycles. The van der Waals surface area contributed by atoms with Crippen LogP contribution in [0.25, 0.3) is 11.1 Å². The Bertz CT molecular complexity index is 938. The van der Waals surface area contributed by atoms with Crippen molar-refractivity contribution in [1.82, 2.24) is 0 Å². The van der Waals surface area contributed by atoms with Gasteiger partial charge in [0.25, 0.3) is 0 Å². The number of rotatable bonds is 4. The second kappa shape index (κ2) is 7.76. The van der Waals surface area contributed by atoms with Crippen LogP contribution in [0.2, 0.25) is 5.02 Å². The highest BCUT2D eigenvalue weighted by Gasteiger charge is 2.48. The quantitative estimate of drug-likeness (QED) is 0.471. The Morgan fingerprint density at radius 3 is 2.24 bits per heavy atom. The van der Waals surface area contributed by atoms with Crippen molar-refractivity contribution in [2.45, 2.75) is 66.7 Å². The Morgan fingerprint density at radius 2 is 1.62 bits per heavy atom. The lowest BCUT2D eigenvalue weighted by Crippen LogP contribution is -2.43. The van der Waals surface area contributed by atoms with Gasteiger partial charge in [-0.15, -0.1) is 0 Å². The van der Waals surface area contributed by atoms with Crippen LogP contribution in [0.15, 0.2) is 48.6 Å². The molecule has 3 rings (SSSR count). The number of ketones is 1. The van der Waals surface area contributed by atoms with E-state index >= 15 is 0 Å². The van der Waals surface area contributed by atoms with E-state index in [1.165, 1.54) is 16.7 Å². The fraction of sp³-hybridized carbons (Fsp3) is 0.444. The van der Waals surface area contributed by atoms with Gasteiger partial charge < -0.3 is 0 Å². The van der Waals surface area contributed by atoms with Crippen LogP contribution >= 0.6 is 11.6 Å². The lowest BCUT2D eigenvalue weighted by Gasteiger charge is -2.46. The van der Waals surface area contributed by atoms with E-state index in [4.69, 9.17) is 11.6 Å². The fourth-order valence-corrected chi connectivity index (χ4v) is 5.26. The van der Waals surface area contributed by atoms with Gasteiger partial charge >= 0.3 is 0 Å². The van der Waals surface area contributed by atoms with Gasteiger partial charge in [0.2, 0.25) is 0 Å². The largest absolute Gasteiger partial charge is 0.298 e. The number of hydrogen-bond acceptors (Lipinski definition) is 1. The molecule has 1 nitrogen and oxygen atoms in total. The second-order valence-corrected chi connectivity index (χ2v) is 10.1. The van der Waals surface area contributed by atoms with E-state index in [2.05, 4.69) is 72.4 Å². The monoisotopic (exact) mass is 408 g/mol. The van der Waals surface area contributed by atoms with E-state index in [0.717, 1.165) is 41.0 Å². The summed E-state index contributed by atoms with van der Waals surface area (Å²) >= 11 is 6.23. The molecule has 1 atom stereocenters.